The van der Waals surface area contributed by atoms with E-state index in [1.165, 1.54) is 25.0 Å². The SMILES string of the molecule is CC1CCN(C(=S)c2cc(Br)c(OCc3ccc([N+](=O)[O-])cc3)c(Br)c2)CC1. The number of benzene rings is 2. The second-order valence-corrected chi connectivity index (χ2v) is 9.05. The minimum Gasteiger partial charge on any atom is -0.487 e. The zero-order valence-corrected chi connectivity index (χ0v) is 19.3. The van der Waals surface area contributed by atoms with Gasteiger partial charge in [-0.2, -0.15) is 0 Å². The van der Waals surface area contributed by atoms with Crippen molar-refractivity contribution in [2.45, 2.75) is 26.4 Å². The minimum absolute atomic E-state index is 0.0658. The number of piperidine rings is 1. The summed E-state index contributed by atoms with van der Waals surface area (Å²) >= 11 is 12.9. The van der Waals surface area contributed by atoms with Gasteiger partial charge >= 0.3 is 0 Å². The molecule has 0 unspecified atom stereocenters. The van der Waals surface area contributed by atoms with Gasteiger partial charge in [0.2, 0.25) is 0 Å². The number of halogens is 2. The largest absolute Gasteiger partial charge is 0.487 e. The molecule has 1 aliphatic rings. The number of nitrogens with zero attached hydrogens (tertiary/aromatic N) is 2. The van der Waals surface area contributed by atoms with Crippen LogP contribution in [-0.2, 0) is 6.61 Å². The van der Waals surface area contributed by atoms with E-state index in [0.29, 0.717) is 12.4 Å². The number of hydrogen-bond donors (Lipinski definition) is 0. The quantitative estimate of drug-likeness (QED) is 0.267. The Kier molecular flexibility index (Phi) is 7.06. The van der Waals surface area contributed by atoms with Gasteiger partial charge < -0.3 is 9.64 Å². The Morgan fingerprint density at radius 1 is 1.21 bits per heavy atom. The van der Waals surface area contributed by atoms with Crippen molar-refractivity contribution in [1.29, 1.82) is 0 Å². The molecule has 0 aliphatic carbocycles. The highest BCUT2D eigenvalue weighted by Gasteiger charge is 2.20. The van der Waals surface area contributed by atoms with Crippen LogP contribution in [0.25, 0.3) is 0 Å². The predicted molar refractivity (Wildman–Crippen MR) is 121 cm³/mol. The van der Waals surface area contributed by atoms with Crippen LogP contribution in [-0.4, -0.2) is 27.9 Å². The molecule has 0 atom stereocenters. The first-order valence-corrected chi connectivity index (χ1v) is 11.0. The molecule has 148 valence electrons. The molecular weight excluding hydrogens is 508 g/mol. The molecule has 5 nitrogen and oxygen atoms in total. The van der Waals surface area contributed by atoms with E-state index < -0.39 is 4.92 Å². The molecule has 0 amide bonds. The van der Waals surface area contributed by atoms with E-state index >= 15 is 0 Å². The molecular formula is C20H20Br2N2O3S. The summed E-state index contributed by atoms with van der Waals surface area (Å²) in [5.74, 6) is 1.44. The number of ether oxygens (including phenoxy) is 1. The molecule has 0 N–H and O–H groups in total. The maximum Gasteiger partial charge on any atom is 0.269 e. The minimum atomic E-state index is -0.414. The van der Waals surface area contributed by atoms with Crippen LogP contribution in [0.4, 0.5) is 5.69 Å². The summed E-state index contributed by atoms with van der Waals surface area (Å²) in [7, 11) is 0. The summed E-state index contributed by atoms with van der Waals surface area (Å²) in [5.41, 5.74) is 1.90. The second-order valence-electron chi connectivity index (χ2n) is 6.96. The van der Waals surface area contributed by atoms with Crippen molar-refractivity contribution in [1.82, 2.24) is 4.90 Å². The van der Waals surface area contributed by atoms with Gasteiger partial charge in [0.1, 0.15) is 17.3 Å². The van der Waals surface area contributed by atoms with Crippen molar-refractivity contribution in [2.24, 2.45) is 5.92 Å². The van der Waals surface area contributed by atoms with Crippen molar-refractivity contribution in [3.63, 3.8) is 0 Å². The van der Waals surface area contributed by atoms with Crippen molar-refractivity contribution in [3.8, 4) is 5.75 Å². The summed E-state index contributed by atoms with van der Waals surface area (Å²) in [4.78, 5) is 13.5. The molecule has 0 saturated carbocycles. The Morgan fingerprint density at radius 3 is 2.32 bits per heavy atom. The lowest BCUT2D eigenvalue weighted by Gasteiger charge is -2.32. The normalized spacial score (nSPS) is 14.8. The van der Waals surface area contributed by atoms with Crippen molar-refractivity contribution >= 4 is 54.8 Å². The zero-order valence-electron chi connectivity index (χ0n) is 15.4. The predicted octanol–water partition coefficient (Wildman–Crippen LogP) is 6.11. The first kappa shape index (κ1) is 21.2. The smallest absolute Gasteiger partial charge is 0.269 e. The third-order valence-electron chi connectivity index (χ3n) is 4.85. The average Bonchev–Trinajstić information content (AvgIpc) is 2.67. The van der Waals surface area contributed by atoms with Crippen LogP contribution >= 0.6 is 44.1 Å². The van der Waals surface area contributed by atoms with Gasteiger partial charge in [-0.25, -0.2) is 0 Å². The van der Waals surface area contributed by atoms with E-state index in [-0.39, 0.29) is 5.69 Å². The van der Waals surface area contributed by atoms with E-state index in [0.717, 1.165) is 44.1 Å². The number of nitro benzene ring substituents is 1. The fraction of sp³-hybridized carbons (Fsp3) is 0.350. The van der Waals surface area contributed by atoms with Gasteiger partial charge in [0.05, 0.1) is 13.9 Å². The van der Waals surface area contributed by atoms with Gasteiger partial charge in [0, 0.05) is 30.8 Å². The van der Waals surface area contributed by atoms with Crippen LogP contribution in [0.2, 0.25) is 0 Å². The number of hydrogen-bond acceptors (Lipinski definition) is 4. The Bertz CT molecular complexity index is 859. The molecule has 1 aliphatic heterocycles. The standard InChI is InChI=1S/C20H20Br2N2O3S/c1-13-6-8-23(9-7-13)20(28)15-10-17(21)19(18(22)11-15)27-12-14-2-4-16(5-3-14)24(25)26/h2-5,10-11,13H,6-9,12H2,1H3. The number of rotatable bonds is 5. The van der Waals surface area contributed by atoms with E-state index in [9.17, 15) is 10.1 Å². The van der Waals surface area contributed by atoms with E-state index in [1.54, 1.807) is 12.1 Å². The third-order valence-corrected chi connectivity index (χ3v) is 6.52. The lowest BCUT2D eigenvalue weighted by molar-refractivity contribution is -0.384. The van der Waals surface area contributed by atoms with Gasteiger partial charge in [-0.3, -0.25) is 10.1 Å². The van der Waals surface area contributed by atoms with Crippen molar-refractivity contribution < 1.29 is 9.66 Å². The summed E-state index contributed by atoms with van der Waals surface area (Å²) in [5, 5.41) is 10.7. The lowest BCUT2D eigenvalue weighted by Crippen LogP contribution is -2.37. The van der Waals surface area contributed by atoms with Crippen LogP contribution in [0.5, 0.6) is 5.75 Å². The Hall–Kier alpha value is -1.51. The molecule has 0 radical (unpaired) electrons. The number of non-ortho nitro benzene ring substituents is 1. The summed E-state index contributed by atoms with van der Waals surface area (Å²) in [6.45, 7) is 4.58. The van der Waals surface area contributed by atoms with Crippen LogP contribution in [0.1, 0.15) is 30.9 Å². The molecule has 8 heteroatoms. The molecule has 3 rings (SSSR count). The maximum atomic E-state index is 10.7. The fourth-order valence-corrected chi connectivity index (χ4v) is 4.80. The van der Waals surface area contributed by atoms with E-state index in [4.69, 9.17) is 17.0 Å². The Morgan fingerprint density at radius 2 is 1.79 bits per heavy atom. The molecule has 0 aromatic heterocycles. The maximum absolute atomic E-state index is 10.7. The lowest BCUT2D eigenvalue weighted by atomic mass is 9.99. The van der Waals surface area contributed by atoms with Crippen molar-refractivity contribution in [2.75, 3.05) is 13.1 Å². The number of thiocarbonyl (C=S) groups is 1. The van der Waals surface area contributed by atoms with Gasteiger partial charge in [-0.05, 0) is 80.4 Å². The van der Waals surface area contributed by atoms with Gasteiger partial charge in [0.25, 0.3) is 5.69 Å². The third kappa shape index (κ3) is 5.10. The highest BCUT2D eigenvalue weighted by atomic mass is 79.9. The summed E-state index contributed by atoms with van der Waals surface area (Å²) in [6.07, 6.45) is 2.33. The topological polar surface area (TPSA) is 55.6 Å². The molecule has 0 bridgehead atoms. The van der Waals surface area contributed by atoms with Gasteiger partial charge in [-0.1, -0.05) is 19.1 Å². The number of likely N-dealkylation sites (tertiary alicyclic amines) is 1. The molecule has 1 heterocycles. The van der Waals surface area contributed by atoms with Crippen LogP contribution in [0, 0.1) is 16.0 Å². The molecule has 2 aromatic carbocycles. The highest BCUT2D eigenvalue weighted by Crippen LogP contribution is 2.36. The van der Waals surface area contributed by atoms with Gasteiger partial charge in [-0.15, -0.1) is 0 Å². The monoisotopic (exact) mass is 526 g/mol. The number of nitro groups is 1. The molecule has 1 fully saturated rings. The van der Waals surface area contributed by atoms with Crippen LogP contribution in [0.3, 0.4) is 0 Å². The average molecular weight is 528 g/mol. The molecule has 1 saturated heterocycles. The zero-order chi connectivity index (χ0) is 20.3. The molecule has 2 aromatic rings. The fourth-order valence-electron chi connectivity index (χ4n) is 3.08. The summed E-state index contributed by atoms with van der Waals surface area (Å²) < 4.78 is 7.55. The van der Waals surface area contributed by atoms with E-state index in [2.05, 4.69) is 43.7 Å². The summed E-state index contributed by atoms with van der Waals surface area (Å²) in [6, 6.07) is 10.3. The van der Waals surface area contributed by atoms with Crippen LogP contribution in [0.15, 0.2) is 45.3 Å². The first-order chi connectivity index (χ1) is 13.3. The molecule has 28 heavy (non-hydrogen) atoms. The van der Waals surface area contributed by atoms with E-state index in [1.807, 2.05) is 12.1 Å². The van der Waals surface area contributed by atoms with Crippen molar-refractivity contribution in [3.05, 3.63) is 66.6 Å². The van der Waals surface area contributed by atoms with Crippen LogP contribution < -0.4 is 4.74 Å². The Balaban J connectivity index is 1.69. The van der Waals surface area contributed by atoms with Gasteiger partial charge in [0.15, 0.2) is 0 Å². The highest BCUT2D eigenvalue weighted by molar-refractivity contribution is 9.11. The molecule has 0 spiro atoms. The second kappa shape index (κ2) is 9.33. The first-order valence-electron chi connectivity index (χ1n) is 8.99. The Labute approximate surface area is 186 Å².